The summed E-state index contributed by atoms with van der Waals surface area (Å²) in [5.74, 6) is 0.946. The van der Waals surface area contributed by atoms with Crippen molar-refractivity contribution in [2.45, 2.75) is 0 Å². The summed E-state index contributed by atoms with van der Waals surface area (Å²) in [5.41, 5.74) is 1.99. The topological polar surface area (TPSA) is 82.5 Å². The summed E-state index contributed by atoms with van der Waals surface area (Å²) in [7, 11) is 3.17. The molecule has 0 atom stereocenters. The minimum Gasteiger partial charge on any atom is -0.497 e. The monoisotopic (exact) mass is 365 g/mol. The molecule has 138 valence electrons. The van der Waals surface area contributed by atoms with Crippen molar-refractivity contribution >= 4 is 11.6 Å². The van der Waals surface area contributed by atoms with Crippen molar-refractivity contribution in [3.8, 4) is 22.8 Å². The zero-order chi connectivity index (χ0) is 19.2. The van der Waals surface area contributed by atoms with E-state index in [2.05, 4.69) is 10.4 Å². The largest absolute Gasteiger partial charge is 0.497 e. The molecule has 0 bridgehead atoms. The molecule has 0 fully saturated rings. The van der Waals surface area contributed by atoms with Gasteiger partial charge in [0.2, 0.25) is 0 Å². The van der Waals surface area contributed by atoms with E-state index in [1.54, 1.807) is 56.6 Å². The van der Waals surface area contributed by atoms with E-state index in [9.17, 15) is 9.59 Å². The van der Waals surface area contributed by atoms with Crippen LogP contribution in [0.2, 0.25) is 0 Å². The number of aromatic nitrogens is 2. The Bertz CT molecular complexity index is 997. The Morgan fingerprint density at radius 3 is 2.52 bits per heavy atom. The Hall–Kier alpha value is -3.61. The van der Waals surface area contributed by atoms with Crippen molar-refractivity contribution in [1.82, 2.24) is 9.78 Å². The second kappa shape index (κ2) is 8.18. The molecule has 1 aromatic heterocycles. The van der Waals surface area contributed by atoms with E-state index in [0.717, 1.165) is 5.56 Å². The molecular formula is C20H19N3O4. The van der Waals surface area contributed by atoms with E-state index in [4.69, 9.17) is 9.47 Å². The maximum Gasteiger partial charge on any atom is 0.266 e. The molecule has 1 heterocycles. The number of nitrogens with one attached hydrogen (secondary N) is 1. The van der Waals surface area contributed by atoms with Crippen LogP contribution in [0.3, 0.4) is 0 Å². The van der Waals surface area contributed by atoms with Crippen molar-refractivity contribution in [2.75, 3.05) is 19.0 Å². The summed E-state index contributed by atoms with van der Waals surface area (Å²) in [4.78, 5) is 23.5. The summed E-state index contributed by atoms with van der Waals surface area (Å²) in [6, 6.07) is 17.4. The summed E-state index contributed by atoms with van der Waals surface area (Å²) < 4.78 is 11.9. The third-order valence-corrected chi connectivity index (χ3v) is 3.84. The molecule has 27 heavy (non-hydrogen) atoms. The van der Waals surface area contributed by atoms with Gasteiger partial charge in [0.15, 0.2) is 6.61 Å². The van der Waals surface area contributed by atoms with Gasteiger partial charge in [-0.25, -0.2) is 4.68 Å². The highest BCUT2D eigenvalue weighted by Gasteiger charge is 2.06. The van der Waals surface area contributed by atoms with Crippen LogP contribution in [0.4, 0.5) is 5.69 Å². The first-order valence-corrected chi connectivity index (χ1v) is 8.26. The fraction of sp³-hybridized carbons (Fsp3) is 0.150. The first-order chi connectivity index (χ1) is 13.0. The first-order valence-electron chi connectivity index (χ1n) is 8.26. The first kappa shape index (κ1) is 18.2. The van der Waals surface area contributed by atoms with E-state index in [0.29, 0.717) is 22.9 Å². The number of aryl methyl sites for hydroxylation is 1. The van der Waals surface area contributed by atoms with E-state index in [1.165, 1.54) is 10.7 Å². The second-order valence-electron chi connectivity index (χ2n) is 5.77. The molecule has 0 saturated carbocycles. The molecule has 3 aromatic rings. The van der Waals surface area contributed by atoms with Gasteiger partial charge in [0.25, 0.3) is 11.5 Å². The highest BCUT2D eigenvalue weighted by molar-refractivity contribution is 5.92. The summed E-state index contributed by atoms with van der Waals surface area (Å²) >= 11 is 0. The van der Waals surface area contributed by atoms with Gasteiger partial charge in [-0.3, -0.25) is 9.59 Å². The van der Waals surface area contributed by atoms with Crippen LogP contribution in [0.15, 0.2) is 65.5 Å². The molecule has 3 rings (SSSR count). The highest BCUT2D eigenvalue weighted by Crippen LogP contribution is 2.20. The number of amides is 1. The number of carbonyl (C=O) groups excluding carboxylic acids is 1. The van der Waals surface area contributed by atoms with Crippen LogP contribution in [-0.4, -0.2) is 29.4 Å². The van der Waals surface area contributed by atoms with Crippen molar-refractivity contribution in [2.24, 2.45) is 7.05 Å². The lowest BCUT2D eigenvalue weighted by Crippen LogP contribution is -2.20. The lowest BCUT2D eigenvalue weighted by Gasteiger charge is -2.09. The zero-order valence-electron chi connectivity index (χ0n) is 15.0. The Morgan fingerprint density at radius 2 is 1.81 bits per heavy atom. The number of nitrogens with zero attached hydrogens (tertiary/aromatic N) is 2. The van der Waals surface area contributed by atoms with Crippen molar-refractivity contribution in [1.29, 1.82) is 0 Å². The van der Waals surface area contributed by atoms with Gasteiger partial charge in [-0.1, -0.05) is 18.2 Å². The average Bonchev–Trinajstić information content (AvgIpc) is 2.69. The standard InChI is InChI=1S/C20H19N3O4/c1-23-20(25)11-10-18(22-23)14-6-8-15(9-7-14)21-19(24)13-27-17-5-3-4-16(12-17)26-2/h3-12H,13H2,1-2H3,(H,21,24). The molecule has 0 saturated heterocycles. The van der Waals surface area contributed by atoms with Crippen LogP contribution in [0.1, 0.15) is 0 Å². The lowest BCUT2D eigenvalue weighted by molar-refractivity contribution is -0.118. The Morgan fingerprint density at radius 1 is 1.07 bits per heavy atom. The SMILES string of the molecule is COc1cccc(OCC(=O)Nc2ccc(-c3ccc(=O)n(C)n3)cc2)c1. The number of methoxy groups -OCH3 is 1. The highest BCUT2D eigenvalue weighted by atomic mass is 16.5. The maximum absolute atomic E-state index is 12.1. The fourth-order valence-electron chi connectivity index (χ4n) is 2.42. The minimum atomic E-state index is -0.272. The van der Waals surface area contributed by atoms with E-state index >= 15 is 0 Å². The Balaban J connectivity index is 1.59. The predicted octanol–water partition coefficient (Wildman–Crippen LogP) is 2.47. The quantitative estimate of drug-likeness (QED) is 0.726. The molecule has 1 N–H and O–H groups in total. The number of hydrogen-bond acceptors (Lipinski definition) is 5. The number of benzene rings is 2. The Kier molecular flexibility index (Phi) is 5.51. The van der Waals surface area contributed by atoms with Crippen molar-refractivity contribution in [3.63, 3.8) is 0 Å². The molecule has 0 aliphatic carbocycles. The molecule has 0 aliphatic heterocycles. The van der Waals surface area contributed by atoms with E-state index in [-0.39, 0.29) is 18.1 Å². The summed E-state index contributed by atoms with van der Waals surface area (Å²) in [5, 5.41) is 6.97. The number of ether oxygens (including phenoxy) is 2. The normalized spacial score (nSPS) is 10.3. The molecule has 2 aromatic carbocycles. The van der Waals surface area contributed by atoms with Gasteiger partial charge in [-0.2, -0.15) is 5.10 Å². The maximum atomic E-state index is 12.1. The summed E-state index contributed by atoms with van der Waals surface area (Å²) in [6.07, 6.45) is 0. The van der Waals surface area contributed by atoms with Crippen LogP contribution in [-0.2, 0) is 11.8 Å². The molecule has 0 radical (unpaired) electrons. The average molecular weight is 365 g/mol. The van der Waals surface area contributed by atoms with E-state index in [1.807, 2.05) is 12.1 Å². The third-order valence-electron chi connectivity index (χ3n) is 3.84. The van der Waals surface area contributed by atoms with Gasteiger partial charge < -0.3 is 14.8 Å². The smallest absolute Gasteiger partial charge is 0.266 e. The van der Waals surface area contributed by atoms with Gasteiger partial charge in [0.1, 0.15) is 11.5 Å². The molecule has 1 amide bonds. The fourth-order valence-corrected chi connectivity index (χ4v) is 2.42. The molecule has 7 nitrogen and oxygen atoms in total. The van der Waals surface area contributed by atoms with Gasteiger partial charge in [0.05, 0.1) is 12.8 Å². The summed E-state index contributed by atoms with van der Waals surface area (Å²) in [6.45, 7) is -0.114. The van der Waals surface area contributed by atoms with Gasteiger partial charge >= 0.3 is 0 Å². The lowest BCUT2D eigenvalue weighted by atomic mass is 10.1. The van der Waals surface area contributed by atoms with Gasteiger partial charge in [-0.15, -0.1) is 0 Å². The van der Waals surface area contributed by atoms with Crippen LogP contribution < -0.4 is 20.3 Å². The number of carbonyl (C=O) groups is 1. The van der Waals surface area contributed by atoms with Gasteiger partial charge in [0, 0.05) is 30.4 Å². The molecule has 0 spiro atoms. The van der Waals surface area contributed by atoms with Crippen molar-refractivity contribution < 1.29 is 14.3 Å². The molecular weight excluding hydrogens is 346 g/mol. The van der Waals surface area contributed by atoms with E-state index < -0.39 is 0 Å². The Labute approximate surface area is 156 Å². The molecule has 0 aliphatic rings. The second-order valence-corrected chi connectivity index (χ2v) is 5.77. The van der Waals surface area contributed by atoms with Crippen LogP contribution in [0.25, 0.3) is 11.3 Å². The van der Waals surface area contributed by atoms with Crippen LogP contribution >= 0.6 is 0 Å². The van der Waals surface area contributed by atoms with Crippen LogP contribution in [0.5, 0.6) is 11.5 Å². The predicted molar refractivity (Wildman–Crippen MR) is 102 cm³/mol. The molecule has 0 unspecified atom stereocenters. The third kappa shape index (κ3) is 4.72. The van der Waals surface area contributed by atoms with Gasteiger partial charge in [-0.05, 0) is 30.3 Å². The number of anilines is 1. The zero-order valence-corrected chi connectivity index (χ0v) is 15.0. The van der Waals surface area contributed by atoms with Crippen molar-refractivity contribution in [3.05, 3.63) is 71.0 Å². The minimum absolute atomic E-state index is 0.114. The number of rotatable bonds is 6. The molecule has 7 heteroatoms. The number of hydrogen-bond donors (Lipinski definition) is 1. The van der Waals surface area contributed by atoms with Crippen LogP contribution in [0, 0.1) is 0 Å².